The first-order valence-corrected chi connectivity index (χ1v) is 13.2. The summed E-state index contributed by atoms with van der Waals surface area (Å²) in [5.74, 6) is -3.07. The highest BCUT2D eigenvalue weighted by molar-refractivity contribution is 7.92. The third kappa shape index (κ3) is 8.13. The van der Waals surface area contributed by atoms with E-state index in [2.05, 4.69) is 26.7 Å². The summed E-state index contributed by atoms with van der Waals surface area (Å²) in [4.78, 5) is 14.6. The van der Waals surface area contributed by atoms with E-state index in [9.17, 15) is 26.0 Å². The Kier molecular flexibility index (Phi) is 9.10. The van der Waals surface area contributed by atoms with Crippen LogP contribution in [0.15, 0.2) is 58.3 Å². The molecule has 1 aromatic heterocycles. The van der Waals surface area contributed by atoms with Crippen LogP contribution in [0.4, 0.5) is 23.4 Å². The Morgan fingerprint density at radius 3 is 2.54 bits per heavy atom. The number of nitrogens with zero attached hydrogens (tertiary/aromatic N) is 2. The zero-order valence-corrected chi connectivity index (χ0v) is 21.0. The summed E-state index contributed by atoms with van der Waals surface area (Å²) in [5, 5.41) is 8.67. The van der Waals surface area contributed by atoms with Crippen LogP contribution in [0, 0.1) is 12.7 Å². The van der Waals surface area contributed by atoms with Crippen LogP contribution in [0.2, 0.25) is 0 Å². The smallest absolute Gasteiger partial charge is 0.489 e. The third-order valence-electron chi connectivity index (χ3n) is 5.20. The Labute approximate surface area is 214 Å². The number of carboxylic acids is 1. The molecule has 1 fully saturated rings. The van der Waals surface area contributed by atoms with Crippen LogP contribution in [-0.2, 0) is 21.4 Å². The monoisotopic (exact) mass is 561 g/mol. The molecule has 0 amide bonds. The Morgan fingerprint density at radius 2 is 1.95 bits per heavy atom. The maximum Gasteiger partial charge on any atom is 0.490 e. The summed E-state index contributed by atoms with van der Waals surface area (Å²) < 4.78 is 79.7. The van der Waals surface area contributed by atoms with Crippen molar-refractivity contribution in [1.82, 2.24) is 9.88 Å². The lowest BCUT2D eigenvalue weighted by Crippen LogP contribution is -2.25. The lowest BCUT2D eigenvalue weighted by molar-refractivity contribution is -0.192. The van der Waals surface area contributed by atoms with Crippen molar-refractivity contribution in [3.05, 3.63) is 70.3 Å². The van der Waals surface area contributed by atoms with Gasteiger partial charge in [-0.3, -0.25) is 9.62 Å². The fourth-order valence-electron chi connectivity index (χ4n) is 3.48. The lowest BCUT2D eigenvalue weighted by atomic mass is 10.2. The summed E-state index contributed by atoms with van der Waals surface area (Å²) in [6, 6.07) is 12.7. The van der Waals surface area contributed by atoms with Crippen LogP contribution < -0.4 is 9.46 Å². The number of aromatic nitrogens is 1. The molecule has 0 aliphatic carbocycles. The van der Waals surface area contributed by atoms with Crippen LogP contribution >= 0.6 is 11.3 Å². The quantitative estimate of drug-likeness (QED) is 0.404. The zero-order chi connectivity index (χ0) is 27.2. The van der Waals surface area contributed by atoms with Gasteiger partial charge in [-0.1, -0.05) is 30.3 Å². The number of carboxylic acid groups (broad SMARTS) is 1. The number of carbonyl (C=O) groups is 1. The van der Waals surface area contributed by atoms with Crippen molar-refractivity contribution in [2.24, 2.45) is 0 Å². The molecule has 2 heterocycles. The molecular formula is C23H23F4N3O5S2. The molecule has 4 rings (SSSR count). The minimum Gasteiger partial charge on any atom is -0.489 e. The van der Waals surface area contributed by atoms with Gasteiger partial charge in [-0.25, -0.2) is 22.6 Å². The molecule has 0 radical (unpaired) electrons. The van der Waals surface area contributed by atoms with Crippen LogP contribution in [0.5, 0.6) is 5.75 Å². The normalized spacial score (nSPS) is 16.1. The maximum absolute atomic E-state index is 14.7. The molecule has 3 aromatic rings. The Bertz CT molecular complexity index is 1300. The maximum atomic E-state index is 14.7. The van der Waals surface area contributed by atoms with Crippen LogP contribution in [0.1, 0.15) is 17.5 Å². The van der Waals surface area contributed by atoms with E-state index in [1.54, 1.807) is 12.3 Å². The van der Waals surface area contributed by atoms with E-state index in [1.807, 2.05) is 18.2 Å². The number of halogens is 4. The number of thiazole rings is 1. The van der Waals surface area contributed by atoms with Gasteiger partial charge in [-0.05, 0) is 30.5 Å². The SMILES string of the molecule is Cc1cc(S(=O)(=O)Nc2cscn2)c(F)cc1OC1CCN(Cc2ccccc2)C1.O=C(O)C(F)(F)F. The Hall–Kier alpha value is -3.23. The second-order valence-electron chi connectivity index (χ2n) is 8.08. The summed E-state index contributed by atoms with van der Waals surface area (Å²) in [5.41, 5.74) is 3.30. The standard InChI is InChI=1S/C21H22FN3O3S2.C2HF3O2/c1-15-9-20(30(26,27)24-21-13-29-14-23-21)18(22)10-19(15)28-17-7-8-25(12-17)11-16-5-3-2-4-6-16;3-2(4,5)1(6)7/h2-6,9-10,13-14,17,24H,7-8,11-12H2,1H3;(H,6,7). The first-order chi connectivity index (χ1) is 17.3. The van der Waals surface area contributed by atoms with Gasteiger partial charge in [0.15, 0.2) is 5.82 Å². The Balaban J connectivity index is 0.000000479. The largest absolute Gasteiger partial charge is 0.490 e. The minimum absolute atomic E-state index is 0.0672. The van der Waals surface area contributed by atoms with E-state index in [0.29, 0.717) is 11.3 Å². The second-order valence-corrected chi connectivity index (χ2v) is 10.4. The highest BCUT2D eigenvalue weighted by atomic mass is 32.2. The van der Waals surface area contributed by atoms with Gasteiger partial charge in [0.2, 0.25) is 0 Å². The number of alkyl halides is 3. The van der Waals surface area contributed by atoms with Gasteiger partial charge in [0, 0.05) is 31.1 Å². The number of aryl methyl sites for hydroxylation is 1. The fraction of sp³-hybridized carbons (Fsp3) is 0.304. The number of rotatable bonds is 7. The molecule has 0 bridgehead atoms. The molecule has 1 aliphatic rings. The fourth-order valence-corrected chi connectivity index (χ4v) is 5.19. The van der Waals surface area contributed by atoms with Gasteiger partial charge in [0.25, 0.3) is 10.0 Å². The zero-order valence-electron chi connectivity index (χ0n) is 19.4. The van der Waals surface area contributed by atoms with E-state index >= 15 is 0 Å². The number of hydrogen-bond donors (Lipinski definition) is 2. The Morgan fingerprint density at radius 1 is 1.27 bits per heavy atom. The van der Waals surface area contributed by atoms with Crippen molar-refractivity contribution in [1.29, 1.82) is 0 Å². The molecule has 37 heavy (non-hydrogen) atoms. The number of benzene rings is 2. The molecule has 2 N–H and O–H groups in total. The molecule has 0 saturated carbocycles. The van der Waals surface area contributed by atoms with Crippen molar-refractivity contribution in [2.75, 3.05) is 17.8 Å². The van der Waals surface area contributed by atoms with Crippen molar-refractivity contribution < 1.29 is 40.6 Å². The second kappa shape index (κ2) is 11.9. The minimum atomic E-state index is -5.08. The van der Waals surface area contributed by atoms with Gasteiger partial charge in [-0.2, -0.15) is 13.2 Å². The number of sulfonamides is 1. The van der Waals surface area contributed by atoms with Crippen molar-refractivity contribution >= 4 is 33.1 Å². The van der Waals surface area contributed by atoms with Gasteiger partial charge in [0.05, 0.1) is 5.51 Å². The number of hydrogen-bond acceptors (Lipinski definition) is 7. The first kappa shape index (κ1) is 28.3. The van der Waals surface area contributed by atoms with E-state index in [0.717, 1.165) is 32.1 Å². The van der Waals surface area contributed by atoms with E-state index in [1.165, 1.54) is 28.5 Å². The molecule has 200 valence electrons. The van der Waals surface area contributed by atoms with Crippen LogP contribution in [-0.4, -0.2) is 54.7 Å². The van der Waals surface area contributed by atoms with Crippen molar-refractivity contribution in [2.45, 2.75) is 37.1 Å². The number of aliphatic carboxylic acids is 1. The molecule has 8 nitrogen and oxygen atoms in total. The topological polar surface area (TPSA) is 109 Å². The van der Waals surface area contributed by atoms with E-state index in [-0.39, 0.29) is 11.9 Å². The molecule has 0 spiro atoms. The summed E-state index contributed by atoms with van der Waals surface area (Å²) in [6.45, 7) is 4.19. The predicted molar refractivity (Wildman–Crippen MR) is 129 cm³/mol. The number of ether oxygens (including phenoxy) is 1. The summed E-state index contributed by atoms with van der Waals surface area (Å²) in [7, 11) is -4.07. The van der Waals surface area contributed by atoms with Crippen LogP contribution in [0.25, 0.3) is 0 Å². The van der Waals surface area contributed by atoms with Crippen molar-refractivity contribution in [3.8, 4) is 5.75 Å². The van der Waals surface area contributed by atoms with Gasteiger partial charge < -0.3 is 9.84 Å². The average molecular weight is 562 g/mol. The molecule has 1 aliphatic heterocycles. The highest BCUT2D eigenvalue weighted by Crippen LogP contribution is 2.29. The number of anilines is 1. The average Bonchev–Trinajstić information content (AvgIpc) is 3.48. The number of likely N-dealkylation sites (tertiary alicyclic amines) is 1. The van der Waals surface area contributed by atoms with Gasteiger partial charge >= 0.3 is 12.1 Å². The molecule has 1 atom stereocenters. The third-order valence-corrected chi connectivity index (χ3v) is 7.16. The molecular weight excluding hydrogens is 538 g/mol. The molecule has 1 saturated heterocycles. The van der Waals surface area contributed by atoms with Crippen LogP contribution in [0.3, 0.4) is 0 Å². The predicted octanol–water partition coefficient (Wildman–Crippen LogP) is 4.68. The number of nitrogens with one attached hydrogen (secondary N) is 1. The molecule has 1 unspecified atom stereocenters. The van der Waals surface area contributed by atoms with Crippen molar-refractivity contribution in [3.63, 3.8) is 0 Å². The molecule has 2 aromatic carbocycles. The van der Waals surface area contributed by atoms with E-state index in [4.69, 9.17) is 14.6 Å². The van der Waals surface area contributed by atoms with Gasteiger partial charge in [0.1, 0.15) is 22.6 Å². The highest BCUT2D eigenvalue weighted by Gasteiger charge is 2.38. The summed E-state index contributed by atoms with van der Waals surface area (Å²) in [6.07, 6.45) is -4.32. The van der Waals surface area contributed by atoms with Gasteiger partial charge in [-0.15, -0.1) is 11.3 Å². The molecule has 14 heteroatoms. The summed E-state index contributed by atoms with van der Waals surface area (Å²) >= 11 is 1.25. The van der Waals surface area contributed by atoms with E-state index < -0.39 is 32.9 Å². The lowest BCUT2D eigenvalue weighted by Gasteiger charge is -2.18. The first-order valence-electron chi connectivity index (χ1n) is 10.8.